The molecule has 1 aliphatic heterocycles. The number of aromatic nitrogens is 1. The highest BCUT2D eigenvalue weighted by Gasteiger charge is 2.47. The van der Waals surface area contributed by atoms with Gasteiger partial charge in [0.2, 0.25) is 0 Å². The van der Waals surface area contributed by atoms with Crippen LogP contribution in [-0.4, -0.2) is 33.8 Å². The minimum absolute atomic E-state index is 0.0348. The minimum Gasteiger partial charge on any atom is -0.507 e. The third-order valence-electron chi connectivity index (χ3n) is 6.27. The summed E-state index contributed by atoms with van der Waals surface area (Å²) >= 11 is 0. The van der Waals surface area contributed by atoms with Crippen molar-refractivity contribution in [1.29, 1.82) is 0 Å². The van der Waals surface area contributed by atoms with Gasteiger partial charge in [-0.1, -0.05) is 38.1 Å². The number of rotatable bonds is 6. The van der Waals surface area contributed by atoms with Crippen molar-refractivity contribution >= 4 is 17.4 Å². The summed E-state index contributed by atoms with van der Waals surface area (Å²) in [6.07, 6.45) is 3.19. The third kappa shape index (κ3) is 4.41. The van der Waals surface area contributed by atoms with Crippen molar-refractivity contribution in [2.24, 2.45) is 0 Å². The molecule has 0 bridgehead atoms. The van der Waals surface area contributed by atoms with Gasteiger partial charge in [0.05, 0.1) is 18.7 Å². The molecule has 1 aliphatic rings. The fourth-order valence-corrected chi connectivity index (χ4v) is 4.48. The van der Waals surface area contributed by atoms with Crippen molar-refractivity contribution in [3.63, 3.8) is 0 Å². The molecule has 1 amide bonds. The van der Waals surface area contributed by atoms with Crippen LogP contribution in [0.2, 0.25) is 0 Å². The number of aryl methyl sites for hydroxylation is 1. The molecule has 1 atom stereocenters. The molecule has 1 aromatic heterocycles. The Balaban J connectivity index is 1.94. The van der Waals surface area contributed by atoms with Crippen LogP contribution in [0, 0.1) is 12.7 Å². The topological polar surface area (TPSA) is 79.7 Å². The molecular formula is C28H27FN2O4. The van der Waals surface area contributed by atoms with Crippen molar-refractivity contribution in [2.75, 3.05) is 7.11 Å². The smallest absolute Gasteiger partial charge is 0.295 e. The lowest BCUT2D eigenvalue weighted by Crippen LogP contribution is -2.29. The zero-order chi connectivity index (χ0) is 25.3. The first kappa shape index (κ1) is 24.1. The normalized spacial score (nSPS) is 17.3. The van der Waals surface area contributed by atoms with Crippen LogP contribution < -0.4 is 4.74 Å². The van der Waals surface area contributed by atoms with Gasteiger partial charge in [0, 0.05) is 30.1 Å². The number of carbonyl (C=O) groups excluding carboxylic acids is 2. The molecule has 180 valence electrons. The number of aliphatic hydroxyl groups is 1. The van der Waals surface area contributed by atoms with Crippen LogP contribution in [0.3, 0.4) is 0 Å². The van der Waals surface area contributed by atoms with E-state index in [2.05, 4.69) is 4.98 Å². The van der Waals surface area contributed by atoms with Gasteiger partial charge in [-0.2, -0.15) is 0 Å². The van der Waals surface area contributed by atoms with Crippen LogP contribution in [0.15, 0.2) is 66.5 Å². The molecule has 3 aromatic rings. The first-order valence-electron chi connectivity index (χ1n) is 11.3. The lowest BCUT2D eigenvalue weighted by atomic mass is 9.91. The highest BCUT2D eigenvalue weighted by molar-refractivity contribution is 6.46. The van der Waals surface area contributed by atoms with E-state index in [1.54, 1.807) is 56.8 Å². The Bertz CT molecular complexity index is 1320. The number of ketones is 1. The molecule has 4 rings (SSSR count). The molecule has 7 heteroatoms. The molecule has 0 aliphatic carbocycles. The number of methoxy groups -OCH3 is 1. The maximum absolute atomic E-state index is 15.0. The van der Waals surface area contributed by atoms with Crippen molar-refractivity contribution < 1.29 is 23.8 Å². The summed E-state index contributed by atoms with van der Waals surface area (Å²) < 4.78 is 20.5. The van der Waals surface area contributed by atoms with E-state index in [1.807, 2.05) is 13.8 Å². The van der Waals surface area contributed by atoms with Crippen LogP contribution in [0.5, 0.6) is 5.75 Å². The summed E-state index contributed by atoms with van der Waals surface area (Å²) in [4.78, 5) is 31.8. The fourth-order valence-electron chi connectivity index (χ4n) is 4.48. The third-order valence-corrected chi connectivity index (χ3v) is 6.27. The predicted octanol–water partition coefficient (Wildman–Crippen LogP) is 5.28. The van der Waals surface area contributed by atoms with E-state index in [-0.39, 0.29) is 29.4 Å². The number of amides is 1. The molecule has 1 N–H and O–H groups in total. The van der Waals surface area contributed by atoms with Crippen LogP contribution in [0.25, 0.3) is 5.76 Å². The number of hydrogen-bond donors (Lipinski definition) is 1. The second kappa shape index (κ2) is 9.70. The van der Waals surface area contributed by atoms with Crippen LogP contribution in [0.4, 0.5) is 4.39 Å². The van der Waals surface area contributed by atoms with Gasteiger partial charge in [-0.05, 0) is 53.8 Å². The summed E-state index contributed by atoms with van der Waals surface area (Å²) in [5.41, 5.74) is 2.56. The van der Waals surface area contributed by atoms with Crippen molar-refractivity contribution in [1.82, 2.24) is 9.88 Å². The monoisotopic (exact) mass is 474 g/mol. The molecule has 1 unspecified atom stereocenters. The number of Topliss-reactive ketones (excluding diaryl/α,β-unsaturated/α-hetero) is 1. The van der Waals surface area contributed by atoms with Crippen molar-refractivity contribution in [2.45, 2.75) is 39.3 Å². The summed E-state index contributed by atoms with van der Waals surface area (Å²) in [5.74, 6) is -1.84. The largest absolute Gasteiger partial charge is 0.507 e. The van der Waals surface area contributed by atoms with Gasteiger partial charge in [0.15, 0.2) is 0 Å². The van der Waals surface area contributed by atoms with Gasteiger partial charge in [0.1, 0.15) is 17.3 Å². The Kier molecular flexibility index (Phi) is 6.69. The Morgan fingerprint density at radius 1 is 1.17 bits per heavy atom. The van der Waals surface area contributed by atoms with Gasteiger partial charge in [-0.15, -0.1) is 0 Å². The number of aliphatic hydroxyl groups excluding tert-OH is 1. The predicted molar refractivity (Wildman–Crippen MR) is 130 cm³/mol. The maximum atomic E-state index is 15.0. The van der Waals surface area contributed by atoms with Gasteiger partial charge in [-0.25, -0.2) is 4.39 Å². The SMILES string of the molecule is COc1cc(C)c(/C(O)=C2\C(=O)C(=O)N(Cc3cccnc3)C2c2ccccc2F)cc1C(C)C. The van der Waals surface area contributed by atoms with Gasteiger partial charge in [-0.3, -0.25) is 14.6 Å². The highest BCUT2D eigenvalue weighted by Crippen LogP contribution is 2.42. The summed E-state index contributed by atoms with van der Waals surface area (Å²) in [7, 11) is 1.57. The minimum atomic E-state index is -1.10. The number of halogens is 1. The molecular weight excluding hydrogens is 447 g/mol. The highest BCUT2D eigenvalue weighted by atomic mass is 19.1. The number of carbonyl (C=O) groups is 2. The molecule has 0 saturated carbocycles. The molecule has 1 saturated heterocycles. The Morgan fingerprint density at radius 3 is 2.54 bits per heavy atom. The van der Waals surface area contributed by atoms with Crippen LogP contribution in [0.1, 0.15) is 53.6 Å². The average molecular weight is 475 g/mol. The molecule has 0 radical (unpaired) electrons. The molecule has 0 spiro atoms. The molecule has 2 aromatic carbocycles. The number of hydrogen-bond acceptors (Lipinski definition) is 5. The van der Waals surface area contributed by atoms with Crippen molar-refractivity contribution in [3.05, 3.63) is 100 Å². The number of pyridine rings is 1. The number of nitrogens with zero attached hydrogens (tertiary/aromatic N) is 2. The quantitative estimate of drug-likeness (QED) is 0.299. The van der Waals surface area contributed by atoms with Crippen LogP contribution in [-0.2, 0) is 16.1 Å². The first-order chi connectivity index (χ1) is 16.7. The maximum Gasteiger partial charge on any atom is 0.295 e. The summed E-state index contributed by atoms with van der Waals surface area (Å²) in [5, 5.41) is 11.5. The summed E-state index contributed by atoms with van der Waals surface area (Å²) in [6.45, 7) is 5.80. The second-order valence-electron chi connectivity index (χ2n) is 8.87. The fraction of sp³-hybridized carbons (Fsp3) is 0.250. The Morgan fingerprint density at radius 2 is 1.91 bits per heavy atom. The number of benzene rings is 2. The van der Waals surface area contributed by atoms with Gasteiger partial charge in [0.25, 0.3) is 11.7 Å². The van der Waals surface area contributed by atoms with Crippen molar-refractivity contribution in [3.8, 4) is 5.75 Å². The average Bonchev–Trinajstić information content (AvgIpc) is 3.09. The molecule has 35 heavy (non-hydrogen) atoms. The summed E-state index contributed by atoms with van der Waals surface area (Å²) in [6, 6.07) is 11.9. The van der Waals surface area contributed by atoms with E-state index in [0.717, 1.165) is 5.56 Å². The number of likely N-dealkylation sites (tertiary alicyclic amines) is 1. The van der Waals surface area contributed by atoms with E-state index in [0.29, 0.717) is 22.4 Å². The molecule has 2 heterocycles. The standard InChI is InChI=1S/C28H27FN2O4/c1-16(2)20-13-21(17(3)12-23(20)35-4)26(32)24-25(19-9-5-6-10-22(19)29)31(28(34)27(24)33)15-18-8-7-11-30-14-18/h5-14,16,25,32H,15H2,1-4H3/b26-24+. The molecule has 6 nitrogen and oxygen atoms in total. The first-order valence-corrected chi connectivity index (χ1v) is 11.3. The van der Waals surface area contributed by atoms with E-state index in [4.69, 9.17) is 4.74 Å². The van der Waals surface area contributed by atoms with E-state index in [1.165, 1.54) is 23.1 Å². The zero-order valence-electron chi connectivity index (χ0n) is 20.1. The second-order valence-corrected chi connectivity index (χ2v) is 8.87. The lowest BCUT2D eigenvalue weighted by Gasteiger charge is -2.26. The zero-order valence-corrected chi connectivity index (χ0v) is 20.1. The van der Waals surface area contributed by atoms with E-state index < -0.39 is 23.5 Å². The number of ether oxygens (including phenoxy) is 1. The van der Waals surface area contributed by atoms with Crippen LogP contribution >= 0.6 is 0 Å². The Labute approximate surface area is 203 Å². The lowest BCUT2D eigenvalue weighted by molar-refractivity contribution is -0.140. The van der Waals surface area contributed by atoms with Gasteiger partial charge < -0.3 is 14.7 Å². The van der Waals surface area contributed by atoms with E-state index >= 15 is 4.39 Å². The molecule has 1 fully saturated rings. The van der Waals surface area contributed by atoms with Gasteiger partial charge >= 0.3 is 0 Å². The van der Waals surface area contributed by atoms with E-state index in [9.17, 15) is 14.7 Å². The Hall–Kier alpha value is -4.00.